The third kappa shape index (κ3) is 4.16. The average Bonchev–Trinajstić information content (AvgIpc) is 3.07. The van der Waals surface area contributed by atoms with E-state index in [9.17, 15) is 24.0 Å². The smallest absolute Gasteiger partial charge is 0.299 e. The number of hydrogen-bond acceptors (Lipinski definition) is 7. The van der Waals surface area contributed by atoms with Crippen LogP contribution >= 0.6 is 0 Å². The molecule has 4 amide bonds. The Morgan fingerprint density at radius 3 is 2.49 bits per heavy atom. The number of hydrazine groups is 1. The molecule has 0 bridgehead atoms. The molecule has 2 N–H and O–H groups in total. The van der Waals surface area contributed by atoms with Crippen LogP contribution in [0.2, 0.25) is 0 Å². The Bertz CT molecular complexity index is 1410. The number of imide groups is 1. The van der Waals surface area contributed by atoms with Crippen molar-refractivity contribution >= 4 is 34.7 Å². The van der Waals surface area contributed by atoms with Gasteiger partial charge in [0, 0.05) is 24.6 Å². The topological polar surface area (TPSA) is 143 Å². The van der Waals surface area contributed by atoms with Crippen molar-refractivity contribution in [3.63, 3.8) is 0 Å². The summed E-state index contributed by atoms with van der Waals surface area (Å²) in [5, 5.41) is 3.44. The summed E-state index contributed by atoms with van der Waals surface area (Å²) in [7, 11) is 0. The highest BCUT2D eigenvalue weighted by Gasteiger charge is 2.39. The second-order valence-corrected chi connectivity index (χ2v) is 8.50. The van der Waals surface area contributed by atoms with Gasteiger partial charge in [0.1, 0.15) is 22.9 Å². The molecule has 0 fully saturated rings. The Labute approximate surface area is 200 Å². The standard InChI is InChI=1S/C24H24N6O5/c1-5-29-11-16(19(31)15-9-8-13(4)26-20(15)29)21(32)27-17(12(2)3)22(33)28-30-23(34)14-7-6-10-25-18(14)24(30)35/h6-12,17H,5H2,1-4H3,(H,27,32)(H,28,33). The summed E-state index contributed by atoms with van der Waals surface area (Å²) in [6.45, 7) is 7.50. The summed E-state index contributed by atoms with van der Waals surface area (Å²) in [6.07, 6.45) is 2.79. The van der Waals surface area contributed by atoms with Gasteiger partial charge < -0.3 is 9.88 Å². The van der Waals surface area contributed by atoms with Crippen molar-refractivity contribution in [3.05, 3.63) is 69.4 Å². The molecule has 0 spiro atoms. The lowest BCUT2D eigenvalue weighted by atomic mass is 10.0. The molecule has 1 aliphatic rings. The van der Waals surface area contributed by atoms with Crippen LogP contribution in [0.4, 0.5) is 0 Å². The molecule has 180 valence electrons. The number of hydrogen-bond donors (Lipinski definition) is 2. The van der Waals surface area contributed by atoms with Crippen LogP contribution in [0, 0.1) is 12.8 Å². The predicted octanol–water partition coefficient (Wildman–Crippen LogP) is 1.20. The van der Waals surface area contributed by atoms with Gasteiger partial charge in [0.15, 0.2) is 0 Å². The van der Waals surface area contributed by atoms with Crippen molar-refractivity contribution in [2.75, 3.05) is 0 Å². The normalized spacial score (nSPS) is 13.8. The quantitative estimate of drug-likeness (QED) is 0.509. The monoisotopic (exact) mass is 476 g/mol. The number of amides is 4. The van der Waals surface area contributed by atoms with E-state index in [0.717, 1.165) is 5.69 Å². The first-order valence-corrected chi connectivity index (χ1v) is 11.1. The summed E-state index contributed by atoms with van der Waals surface area (Å²) in [4.78, 5) is 72.6. The molecule has 3 aromatic heterocycles. The lowest BCUT2D eigenvalue weighted by molar-refractivity contribution is -0.127. The molecule has 4 heterocycles. The highest BCUT2D eigenvalue weighted by molar-refractivity contribution is 6.20. The van der Waals surface area contributed by atoms with E-state index >= 15 is 0 Å². The van der Waals surface area contributed by atoms with E-state index in [-0.39, 0.29) is 22.2 Å². The molecular weight excluding hydrogens is 452 g/mol. The first kappa shape index (κ1) is 23.7. The summed E-state index contributed by atoms with van der Waals surface area (Å²) in [5.74, 6) is -3.45. The van der Waals surface area contributed by atoms with Crippen LogP contribution in [0.5, 0.6) is 0 Å². The molecular formula is C24H24N6O5. The number of nitrogens with zero attached hydrogens (tertiary/aromatic N) is 4. The number of carbonyl (C=O) groups excluding carboxylic acids is 4. The van der Waals surface area contributed by atoms with Gasteiger partial charge in [-0.3, -0.25) is 34.4 Å². The number of aromatic nitrogens is 3. The number of aryl methyl sites for hydroxylation is 2. The summed E-state index contributed by atoms with van der Waals surface area (Å²) < 4.78 is 1.69. The number of rotatable bonds is 6. The van der Waals surface area contributed by atoms with Crippen LogP contribution < -0.4 is 16.2 Å². The van der Waals surface area contributed by atoms with Gasteiger partial charge in [-0.25, -0.2) is 4.98 Å². The molecule has 0 radical (unpaired) electrons. The summed E-state index contributed by atoms with van der Waals surface area (Å²) in [5.41, 5.74) is 2.83. The molecule has 0 saturated heterocycles. The van der Waals surface area contributed by atoms with Gasteiger partial charge in [-0.15, -0.1) is 0 Å². The van der Waals surface area contributed by atoms with Crippen LogP contribution in [0.3, 0.4) is 0 Å². The highest BCUT2D eigenvalue weighted by atomic mass is 16.2. The summed E-state index contributed by atoms with van der Waals surface area (Å²) in [6, 6.07) is 5.11. The molecule has 0 aliphatic carbocycles. The van der Waals surface area contributed by atoms with E-state index in [1.54, 1.807) is 37.5 Å². The van der Waals surface area contributed by atoms with Crippen molar-refractivity contribution in [2.45, 2.75) is 40.3 Å². The lowest BCUT2D eigenvalue weighted by Crippen LogP contribution is -2.56. The number of nitrogens with one attached hydrogen (secondary N) is 2. The SMILES string of the molecule is CCn1cc(C(=O)NC(C(=O)NN2C(=O)c3cccnc3C2=O)C(C)C)c(=O)c2ccc(C)nc21. The van der Waals surface area contributed by atoms with E-state index in [1.165, 1.54) is 24.5 Å². The maximum Gasteiger partial charge on any atom is 0.299 e. The zero-order valence-electron chi connectivity index (χ0n) is 19.7. The lowest BCUT2D eigenvalue weighted by Gasteiger charge is -2.24. The van der Waals surface area contributed by atoms with Crippen molar-refractivity contribution in [1.82, 2.24) is 30.3 Å². The first-order chi connectivity index (χ1) is 16.6. The fourth-order valence-corrected chi connectivity index (χ4v) is 3.86. The average molecular weight is 476 g/mol. The maximum atomic E-state index is 13.1. The molecule has 35 heavy (non-hydrogen) atoms. The van der Waals surface area contributed by atoms with Crippen LogP contribution in [-0.2, 0) is 11.3 Å². The number of pyridine rings is 3. The predicted molar refractivity (Wildman–Crippen MR) is 125 cm³/mol. The van der Waals surface area contributed by atoms with Gasteiger partial charge in [-0.1, -0.05) is 13.8 Å². The van der Waals surface area contributed by atoms with E-state index in [1.807, 2.05) is 6.92 Å². The number of fused-ring (bicyclic) bond motifs is 2. The number of carbonyl (C=O) groups is 4. The highest BCUT2D eigenvalue weighted by Crippen LogP contribution is 2.19. The van der Waals surface area contributed by atoms with Crippen molar-refractivity contribution in [1.29, 1.82) is 0 Å². The molecule has 1 unspecified atom stereocenters. The van der Waals surface area contributed by atoms with E-state index in [4.69, 9.17) is 0 Å². The van der Waals surface area contributed by atoms with E-state index in [2.05, 4.69) is 20.7 Å². The molecule has 0 aromatic carbocycles. The third-order valence-electron chi connectivity index (χ3n) is 5.75. The minimum Gasteiger partial charge on any atom is -0.340 e. The molecule has 3 aromatic rings. The zero-order valence-corrected chi connectivity index (χ0v) is 19.7. The minimum absolute atomic E-state index is 0.0666. The molecule has 4 rings (SSSR count). The van der Waals surface area contributed by atoms with Gasteiger partial charge in [-0.05, 0) is 44.0 Å². The molecule has 1 atom stereocenters. The van der Waals surface area contributed by atoms with Crippen LogP contribution in [-0.4, -0.2) is 49.2 Å². The molecule has 1 aliphatic heterocycles. The Morgan fingerprint density at radius 1 is 1.09 bits per heavy atom. The second kappa shape index (κ2) is 9.09. The Kier molecular flexibility index (Phi) is 6.16. The minimum atomic E-state index is -1.14. The largest absolute Gasteiger partial charge is 0.340 e. The Hall–Kier alpha value is -4.41. The second-order valence-electron chi connectivity index (χ2n) is 8.50. The van der Waals surface area contributed by atoms with Gasteiger partial charge >= 0.3 is 0 Å². The van der Waals surface area contributed by atoms with E-state index in [0.29, 0.717) is 17.2 Å². The molecule has 11 nitrogen and oxygen atoms in total. The van der Waals surface area contributed by atoms with Crippen molar-refractivity contribution < 1.29 is 19.2 Å². The van der Waals surface area contributed by atoms with Crippen molar-refractivity contribution in [2.24, 2.45) is 5.92 Å². The Morgan fingerprint density at radius 2 is 1.83 bits per heavy atom. The van der Waals surface area contributed by atoms with Crippen molar-refractivity contribution in [3.8, 4) is 0 Å². The fourth-order valence-electron chi connectivity index (χ4n) is 3.86. The zero-order chi connectivity index (χ0) is 25.4. The van der Waals surface area contributed by atoms with Gasteiger partial charge in [0.25, 0.3) is 23.6 Å². The van der Waals surface area contributed by atoms with Crippen LogP contribution in [0.15, 0.2) is 41.5 Å². The van der Waals surface area contributed by atoms with Gasteiger partial charge in [-0.2, -0.15) is 5.01 Å². The third-order valence-corrected chi connectivity index (χ3v) is 5.75. The van der Waals surface area contributed by atoms with E-state index < -0.39 is 41.0 Å². The van der Waals surface area contributed by atoms with Gasteiger partial charge in [0.2, 0.25) is 5.43 Å². The molecule has 0 saturated carbocycles. The Balaban J connectivity index is 1.60. The fraction of sp³-hybridized carbons (Fsp3) is 0.292. The summed E-state index contributed by atoms with van der Waals surface area (Å²) >= 11 is 0. The van der Waals surface area contributed by atoms with Crippen LogP contribution in [0.25, 0.3) is 11.0 Å². The maximum absolute atomic E-state index is 13.1. The first-order valence-electron chi connectivity index (χ1n) is 11.1. The molecule has 11 heteroatoms. The van der Waals surface area contributed by atoms with Crippen LogP contribution in [0.1, 0.15) is 57.7 Å². The van der Waals surface area contributed by atoms with Gasteiger partial charge in [0.05, 0.1) is 10.9 Å².